The first-order chi connectivity index (χ1) is 7.67. The molecule has 1 heterocycles. The van der Waals surface area contributed by atoms with Gasteiger partial charge in [-0.25, -0.2) is 4.98 Å². The number of ether oxygens (including phenoxy) is 1. The normalized spacial score (nSPS) is 12.5. The second-order valence-electron chi connectivity index (χ2n) is 3.29. The number of methoxy groups -OCH3 is 1. The second kappa shape index (κ2) is 7.06. The SMILES string of the molecule is COCC(CCO)Nc1ncc(Cl)cc1Br. The highest BCUT2D eigenvalue weighted by Crippen LogP contribution is 2.23. The number of anilines is 1. The summed E-state index contributed by atoms with van der Waals surface area (Å²) in [5.74, 6) is 0.694. The molecule has 0 saturated carbocycles. The van der Waals surface area contributed by atoms with E-state index in [0.717, 1.165) is 4.47 Å². The Kier molecular flexibility index (Phi) is 6.05. The summed E-state index contributed by atoms with van der Waals surface area (Å²) in [5, 5.41) is 12.7. The second-order valence-corrected chi connectivity index (χ2v) is 4.58. The van der Waals surface area contributed by atoms with Crippen LogP contribution in [-0.4, -0.2) is 36.5 Å². The number of hydrogen-bond acceptors (Lipinski definition) is 4. The van der Waals surface area contributed by atoms with Crippen LogP contribution in [0.25, 0.3) is 0 Å². The monoisotopic (exact) mass is 308 g/mol. The summed E-state index contributed by atoms with van der Waals surface area (Å²) in [6.07, 6.45) is 2.17. The van der Waals surface area contributed by atoms with E-state index < -0.39 is 0 Å². The number of halogens is 2. The summed E-state index contributed by atoms with van der Waals surface area (Å²) < 4.78 is 5.84. The Balaban J connectivity index is 2.68. The summed E-state index contributed by atoms with van der Waals surface area (Å²) in [6.45, 7) is 0.615. The van der Waals surface area contributed by atoms with Crippen molar-refractivity contribution in [3.63, 3.8) is 0 Å². The van der Waals surface area contributed by atoms with Crippen LogP contribution in [0.3, 0.4) is 0 Å². The van der Waals surface area contributed by atoms with Crippen LogP contribution < -0.4 is 5.32 Å². The van der Waals surface area contributed by atoms with Crippen LogP contribution in [0.5, 0.6) is 0 Å². The van der Waals surface area contributed by atoms with E-state index in [0.29, 0.717) is 23.9 Å². The predicted octanol–water partition coefficient (Wildman–Crippen LogP) is 2.31. The van der Waals surface area contributed by atoms with Gasteiger partial charge in [0.15, 0.2) is 0 Å². The molecule has 1 aromatic heterocycles. The van der Waals surface area contributed by atoms with Gasteiger partial charge >= 0.3 is 0 Å². The van der Waals surface area contributed by atoms with Crippen molar-refractivity contribution in [1.82, 2.24) is 4.98 Å². The lowest BCUT2D eigenvalue weighted by atomic mass is 10.2. The number of aromatic nitrogens is 1. The Morgan fingerprint density at radius 1 is 1.69 bits per heavy atom. The summed E-state index contributed by atoms with van der Waals surface area (Å²) in [4.78, 5) is 4.15. The van der Waals surface area contributed by atoms with Crippen LogP contribution in [0.2, 0.25) is 5.02 Å². The number of nitrogens with zero attached hydrogens (tertiary/aromatic N) is 1. The quantitative estimate of drug-likeness (QED) is 0.847. The largest absolute Gasteiger partial charge is 0.396 e. The van der Waals surface area contributed by atoms with Crippen LogP contribution in [0.4, 0.5) is 5.82 Å². The molecule has 90 valence electrons. The van der Waals surface area contributed by atoms with Gasteiger partial charge in [0.25, 0.3) is 0 Å². The van der Waals surface area contributed by atoms with Crippen molar-refractivity contribution in [3.8, 4) is 0 Å². The minimum absolute atomic E-state index is 0.0278. The number of nitrogens with one attached hydrogen (secondary N) is 1. The molecule has 6 heteroatoms. The van der Waals surface area contributed by atoms with E-state index in [-0.39, 0.29) is 12.6 Å². The maximum absolute atomic E-state index is 8.91. The molecule has 1 unspecified atom stereocenters. The van der Waals surface area contributed by atoms with Crippen LogP contribution >= 0.6 is 27.5 Å². The molecule has 16 heavy (non-hydrogen) atoms. The third kappa shape index (κ3) is 4.25. The van der Waals surface area contributed by atoms with Gasteiger partial charge in [0.05, 0.1) is 22.1 Å². The van der Waals surface area contributed by atoms with Gasteiger partial charge in [0.1, 0.15) is 5.82 Å². The molecular formula is C10H14BrClN2O2. The van der Waals surface area contributed by atoms with Crippen molar-refractivity contribution >= 4 is 33.3 Å². The standard InChI is InChI=1S/C10H14BrClN2O2/c1-16-6-8(2-3-15)14-10-9(11)4-7(12)5-13-10/h4-5,8,15H,2-3,6H2,1H3,(H,13,14). The van der Waals surface area contributed by atoms with Crippen molar-refractivity contribution in [3.05, 3.63) is 21.8 Å². The predicted molar refractivity (Wildman–Crippen MR) is 67.9 cm³/mol. The van der Waals surface area contributed by atoms with Crippen molar-refractivity contribution in [2.24, 2.45) is 0 Å². The number of aliphatic hydroxyl groups is 1. The van der Waals surface area contributed by atoms with Crippen molar-refractivity contribution in [1.29, 1.82) is 0 Å². The molecule has 0 saturated heterocycles. The molecule has 0 fully saturated rings. The molecule has 0 bridgehead atoms. The van der Waals surface area contributed by atoms with Gasteiger partial charge < -0.3 is 15.2 Å². The summed E-state index contributed by atoms with van der Waals surface area (Å²) in [7, 11) is 1.62. The Hall–Kier alpha value is -0.360. The summed E-state index contributed by atoms with van der Waals surface area (Å²) >= 11 is 9.16. The Labute approximate surface area is 108 Å². The first kappa shape index (κ1) is 13.7. The van der Waals surface area contributed by atoms with Crippen LogP contribution in [0.1, 0.15) is 6.42 Å². The topological polar surface area (TPSA) is 54.4 Å². The smallest absolute Gasteiger partial charge is 0.140 e. The minimum atomic E-state index is 0.0278. The van der Waals surface area contributed by atoms with Gasteiger partial charge in [-0.1, -0.05) is 11.6 Å². The van der Waals surface area contributed by atoms with Crippen LogP contribution in [0, 0.1) is 0 Å². The summed E-state index contributed by atoms with van der Waals surface area (Å²) in [5.41, 5.74) is 0. The van der Waals surface area contributed by atoms with Crippen LogP contribution in [0.15, 0.2) is 16.7 Å². The molecule has 0 amide bonds. The lowest BCUT2D eigenvalue weighted by molar-refractivity contribution is 0.170. The van der Waals surface area contributed by atoms with E-state index in [4.69, 9.17) is 21.4 Å². The number of aliphatic hydroxyl groups excluding tert-OH is 1. The van der Waals surface area contributed by atoms with Crippen molar-refractivity contribution in [2.45, 2.75) is 12.5 Å². The highest BCUT2D eigenvalue weighted by molar-refractivity contribution is 9.10. The minimum Gasteiger partial charge on any atom is -0.396 e. The molecule has 0 aromatic carbocycles. The van der Waals surface area contributed by atoms with Crippen LogP contribution in [-0.2, 0) is 4.74 Å². The van der Waals surface area contributed by atoms with E-state index in [9.17, 15) is 0 Å². The molecule has 1 atom stereocenters. The molecule has 0 aliphatic rings. The van der Waals surface area contributed by atoms with Crippen molar-refractivity contribution < 1.29 is 9.84 Å². The van der Waals surface area contributed by atoms with Gasteiger partial charge in [-0.05, 0) is 28.4 Å². The maximum Gasteiger partial charge on any atom is 0.140 e. The molecular weight excluding hydrogens is 295 g/mol. The van der Waals surface area contributed by atoms with E-state index in [1.165, 1.54) is 0 Å². The molecule has 0 spiro atoms. The fourth-order valence-electron chi connectivity index (χ4n) is 1.27. The third-order valence-electron chi connectivity index (χ3n) is 1.99. The zero-order valence-corrected chi connectivity index (χ0v) is 11.3. The Morgan fingerprint density at radius 2 is 2.44 bits per heavy atom. The molecule has 0 aliphatic heterocycles. The highest BCUT2D eigenvalue weighted by Gasteiger charge is 2.10. The lowest BCUT2D eigenvalue weighted by Crippen LogP contribution is -2.26. The average Bonchev–Trinajstić information content (AvgIpc) is 2.23. The lowest BCUT2D eigenvalue weighted by Gasteiger charge is -2.18. The molecule has 0 radical (unpaired) electrons. The Morgan fingerprint density at radius 3 is 3.00 bits per heavy atom. The first-order valence-corrected chi connectivity index (χ1v) is 6.02. The van der Waals surface area contributed by atoms with E-state index in [2.05, 4.69) is 26.2 Å². The number of rotatable bonds is 6. The van der Waals surface area contributed by atoms with Gasteiger partial charge in [-0.15, -0.1) is 0 Å². The van der Waals surface area contributed by atoms with E-state index in [1.807, 2.05) is 0 Å². The maximum atomic E-state index is 8.91. The molecule has 1 rings (SSSR count). The van der Waals surface area contributed by atoms with E-state index in [1.54, 1.807) is 19.4 Å². The van der Waals surface area contributed by atoms with E-state index >= 15 is 0 Å². The fraction of sp³-hybridized carbons (Fsp3) is 0.500. The Bertz CT molecular complexity index is 333. The van der Waals surface area contributed by atoms with Gasteiger partial charge in [-0.3, -0.25) is 0 Å². The number of hydrogen-bond donors (Lipinski definition) is 2. The zero-order valence-electron chi connectivity index (χ0n) is 8.91. The first-order valence-electron chi connectivity index (χ1n) is 4.84. The summed E-state index contributed by atoms with van der Waals surface area (Å²) in [6, 6.07) is 1.79. The molecule has 2 N–H and O–H groups in total. The van der Waals surface area contributed by atoms with Crippen molar-refractivity contribution in [2.75, 3.05) is 25.6 Å². The van der Waals surface area contributed by atoms with Gasteiger partial charge in [0, 0.05) is 19.9 Å². The fourth-order valence-corrected chi connectivity index (χ4v) is 2.02. The molecule has 4 nitrogen and oxygen atoms in total. The van der Waals surface area contributed by atoms with Gasteiger partial charge in [0.2, 0.25) is 0 Å². The molecule has 1 aromatic rings. The third-order valence-corrected chi connectivity index (χ3v) is 2.81. The van der Waals surface area contributed by atoms with Gasteiger partial charge in [-0.2, -0.15) is 0 Å². The number of pyridine rings is 1. The molecule has 0 aliphatic carbocycles. The average molecular weight is 310 g/mol. The zero-order chi connectivity index (χ0) is 12.0. The highest BCUT2D eigenvalue weighted by atomic mass is 79.9.